The number of hydrogen-bond acceptors (Lipinski definition) is 2. The van der Waals surface area contributed by atoms with E-state index in [1.807, 2.05) is 19.2 Å². The van der Waals surface area contributed by atoms with Gasteiger partial charge in [0.25, 0.3) is 0 Å². The number of benzene rings is 2. The summed E-state index contributed by atoms with van der Waals surface area (Å²) >= 11 is 0. The monoisotopic (exact) mass is 243 g/mol. The molecule has 0 atom stereocenters. The fraction of sp³-hybridized carbons (Fsp3) is 0.250. The predicted octanol–water partition coefficient (Wildman–Crippen LogP) is 2.99. The molecule has 0 aliphatic rings. The Morgan fingerprint density at radius 3 is 1.50 bits per heavy atom. The van der Waals surface area contributed by atoms with Crippen LogP contribution >= 0.6 is 0 Å². The van der Waals surface area contributed by atoms with Crippen LogP contribution in [0.15, 0.2) is 60.7 Å². The van der Waals surface area contributed by atoms with Gasteiger partial charge in [-0.15, -0.1) is 0 Å². The minimum Gasteiger partial charge on any atom is -0.397 e. The summed E-state index contributed by atoms with van der Waals surface area (Å²) in [5, 5.41) is 10.9. The summed E-state index contributed by atoms with van der Waals surface area (Å²) in [6.45, 7) is 1.93. The first kappa shape index (κ1) is 14.4. The topological polar surface area (TPSA) is 32.3 Å². The Balaban J connectivity index is 0.000000492. The Morgan fingerprint density at radius 1 is 0.889 bits per heavy atom. The number of aliphatic hydroxyl groups excluding tert-OH is 1. The third-order valence-electron chi connectivity index (χ3n) is 2.55. The highest BCUT2D eigenvalue weighted by atomic mass is 16.2. The maximum atomic E-state index is 7.57. The van der Waals surface area contributed by atoms with E-state index in [1.54, 1.807) is 6.92 Å². The maximum absolute atomic E-state index is 7.57. The summed E-state index contributed by atoms with van der Waals surface area (Å²) in [5.41, 5.74) is 2.59. The quantitative estimate of drug-likeness (QED) is 0.868. The highest BCUT2D eigenvalue weighted by Gasteiger charge is 2.09. The Labute approximate surface area is 109 Å². The van der Waals surface area contributed by atoms with Gasteiger partial charge in [0.2, 0.25) is 0 Å². The third kappa shape index (κ3) is 4.32. The molecule has 2 aromatic rings. The summed E-state index contributed by atoms with van der Waals surface area (Å²) in [5.74, 6) is 0. The molecule has 2 nitrogen and oxygen atoms in total. The average molecular weight is 243 g/mol. The van der Waals surface area contributed by atoms with Gasteiger partial charge in [0.15, 0.2) is 0 Å². The van der Waals surface area contributed by atoms with Crippen LogP contribution in [0, 0.1) is 0 Å². The van der Waals surface area contributed by atoms with Crippen LogP contribution in [0.1, 0.15) is 24.1 Å². The van der Waals surface area contributed by atoms with Crippen molar-refractivity contribution in [2.24, 2.45) is 0 Å². The first-order valence-corrected chi connectivity index (χ1v) is 6.21. The van der Waals surface area contributed by atoms with Gasteiger partial charge in [-0.1, -0.05) is 60.7 Å². The SMILES string of the molecule is CCO.CNC(c1ccccc1)c1ccccc1. The molecule has 0 saturated carbocycles. The summed E-state index contributed by atoms with van der Waals surface area (Å²) in [4.78, 5) is 0. The van der Waals surface area contributed by atoms with Crippen LogP contribution in [0.25, 0.3) is 0 Å². The summed E-state index contributed by atoms with van der Waals surface area (Å²) in [7, 11) is 1.99. The molecule has 0 spiro atoms. The van der Waals surface area contributed by atoms with Crippen molar-refractivity contribution in [3.63, 3.8) is 0 Å². The number of nitrogens with one attached hydrogen (secondary N) is 1. The zero-order valence-corrected chi connectivity index (χ0v) is 11.0. The largest absolute Gasteiger partial charge is 0.397 e. The van der Waals surface area contributed by atoms with Crippen molar-refractivity contribution >= 4 is 0 Å². The van der Waals surface area contributed by atoms with Gasteiger partial charge in [-0.3, -0.25) is 0 Å². The highest BCUT2D eigenvalue weighted by Crippen LogP contribution is 2.20. The molecule has 0 saturated heterocycles. The zero-order chi connectivity index (χ0) is 13.2. The van der Waals surface area contributed by atoms with Crippen LogP contribution in [0.3, 0.4) is 0 Å². The predicted molar refractivity (Wildman–Crippen MR) is 76.5 cm³/mol. The normalized spacial score (nSPS) is 9.78. The van der Waals surface area contributed by atoms with E-state index in [4.69, 9.17) is 5.11 Å². The molecule has 0 aromatic heterocycles. The van der Waals surface area contributed by atoms with Gasteiger partial charge in [-0.05, 0) is 25.1 Å². The van der Waals surface area contributed by atoms with Gasteiger partial charge in [0.05, 0.1) is 6.04 Å². The molecule has 2 aromatic carbocycles. The standard InChI is InChI=1S/C14H15N.C2H6O/c1-15-14(12-8-4-2-5-9-12)13-10-6-3-7-11-13;1-2-3/h2-11,14-15H,1H3;3H,2H2,1H3. The second-order valence-electron chi connectivity index (χ2n) is 3.86. The molecular formula is C16H21NO. The molecule has 18 heavy (non-hydrogen) atoms. The molecule has 0 radical (unpaired) electrons. The van der Waals surface area contributed by atoms with E-state index in [9.17, 15) is 0 Å². The van der Waals surface area contributed by atoms with E-state index in [0.717, 1.165) is 0 Å². The lowest BCUT2D eigenvalue weighted by molar-refractivity contribution is 0.318. The lowest BCUT2D eigenvalue weighted by Gasteiger charge is -2.16. The van der Waals surface area contributed by atoms with Gasteiger partial charge in [0, 0.05) is 6.61 Å². The smallest absolute Gasteiger partial charge is 0.0574 e. The van der Waals surface area contributed by atoms with Crippen molar-refractivity contribution in [2.45, 2.75) is 13.0 Å². The molecule has 0 heterocycles. The maximum Gasteiger partial charge on any atom is 0.0574 e. The molecule has 0 fully saturated rings. The van der Waals surface area contributed by atoms with Gasteiger partial charge in [-0.2, -0.15) is 0 Å². The van der Waals surface area contributed by atoms with Crippen molar-refractivity contribution in [1.82, 2.24) is 5.32 Å². The van der Waals surface area contributed by atoms with Crippen molar-refractivity contribution in [3.05, 3.63) is 71.8 Å². The van der Waals surface area contributed by atoms with E-state index >= 15 is 0 Å². The molecule has 0 aliphatic heterocycles. The fourth-order valence-electron chi connectivity index (χ4n) is 1.82. The summed E-state index contributed by atoms with van der Waals surface area (Å²) in [6.07, 6.45) is 0. The molecule has 0 unspecified atom stereocenters. The van der Waals surface area contributed by atoms with E-state index in [1.165, 1.54) is 11.1 Å². The number of hydrogen-bond donors (Lipinski definition) is 2. The second-order valence-corrected chi connectivity index (χ2v) is 3.86. The van der Waals surface area contributed by atoms with Crippen molar-refractivity contribution in [3.8, 4) is 0 Å². The van der Waals surface area contributed by atoms with Crippen LogP contribution in [-0.4, -0.2) is 18.8 Å². The molecule has 96 valence electrons. The molecule has 0 aliphatic carbocycles. The summed E-state index contributed by atoms with van der Waals surface area (Å²) in [6, 6.07) is 21.2. The Kier molecular flexibility index (Phi) is 6.77. The van der Waals surface area contributed by atoms with E-state index in [2.05, 4.69) is 53.8 Å². The van der Waals surface area contributed by atoms with Crippen LogP contribution in [0.4, 0.5) is 0 Å². The number of aliphatic hydroxyl groups is 1. The lowest BCUT2D eigenvalue weighted by Crippen LogP contribution is -2.17. The average Bonchev–Trinajstić information content (AvgIpc) is 2.43. The highest BCUT2D eigenvalue weighted by molar-refractivity contribution is 5.31. The van der Waals surface area contributed by atoms with Crippen LogP contribution in [-0.2, 0) is 0 Å². The molecule has 2 N–H and O–H groups in total. The molecule has 2 rings (SSSR count). The van der Waals surface area contributed by atoms with Gasteiger partial charge < -0.3 is 10.4 Å². The summed E-state index contributed by atoms with van der Waals surface area (Å²) < 4.78 is 0. The van der Waals surface area contributed by atoms with Crippen molar-refractivity contribution in [2.75, 3.05) is 13.7 Å². The van der Waals surface area contributed by atoms with Crippen LogP contribution in [0.5, 0.6) is 0 Å². The van der Waals surface area contributed by atoms with Crippen molar-refractivity contribution < 1.29 is 5.11 Å². The van der Waals surface area contributed by atoms with Crippen molar-refractivity contribution in [1.29, 1.82) is 0 Å². The molecular weight excluding hydrogens is 222 g/mol. The second kappa shape index (κ2) is 8.45. The molecule has 0 bridgehead atoms. The van der Waals surface area contributed by atoms with Crippen LogP contribution < -0.4 is 5.32 Å². The fourth-order valence-corrected chi connectivity index (χ4v) is 1.82. The first-order chi connectivity index (χ1) is 8.83. The minimum atomic E-state index is 0.250. The van der Waals surface area contributed by atoms with Crippen LogP contribution in [0.2, 0.25) is 0 Å². The third-order valence-corrected chi connectivity index (χ3v) is 2.55. The van der Waals surface area contributed by atoms with E-state index in [-0.39, 0.29) is 12.6 Å². The zero-order valence-electron chi connectivity index (χ0n) is 11.0. The first-order valence-electron chi connectivity index (χ1n) is 6.21. The van der Waals surface area contributed by atoms with E-state index < -0.39 is 0 Å². The van der Waals surface area contributed by atoms with Gasteiger partial charge >= 0.3 is 0 Å². The Bertz CT molecular complexity index is 374. The lowest BCUT2D eigenvalue weighted by atomic mass is 9.99. The molecule has 2 heteroatoms. The molecule has 0 amide bonds. The number of rotatable bonds is 3. The van der Waals surface area contributed by atoms with Gasteiger partial charge in [-0.25, -0.2) is 0 Å². The Hall–Kier alpha value is -1.64. The Morgan fingerprint density at radius 2 is 1.22 bits per heavy atom. The van der Waals surface area contributed by atoms with Gasteiger partial charge in [0.1, 0.15) is 0 Å². The van der Waals surface area contributed by atoms with E-state index in [0.29, 0.717) is 0 Å². The minimum absolute atomic E-state index is 0.250.